The molecule has 0 fully saturated rings. The highest BCUT2D eigenvalue weighted by molar-refractivity contribution is 6.33. The number of amides is 1. The van der Waals surface area contributed by atoms with Crippen molar-refractivity contribution >= 4 is 23.3 Å². The van der Waals surface area contributed by atoms with Crippen molar-refractivity contribution in [3.8, 4) is 6.07 Å². The van der Waals surface area contributed by atoms with Crippen molar-refractivity contribution < 1.29 is 9.53 Å². The number of aromatic nitrogens is 1. The lowest BCUT2D eigenvalue weighted by Crippen LogP contribution is -2.30. The van der Waals surface area contributed by atoms with Crippen LogP contribution in [0.1, 0.15) is 27.2 Å². The van der Waals surface area contributed by atoms with E-state index in [9.17, 15) is 10.1 Å². The number of pyridine rings is 1. The van der Waals surface area contributed by atoms with Gasteiger partial charge in [0.2, 0.25) is 0 Å². The standard InChI is InChI=1S/C16H15ClN4O2/c1-10-7-11(9-23-2)13(8-18)15(19-10)20-21-16(22)12-5-3-4-6-14(12)17/h3-7H,9H2,1-2H3,(H,19,20)(H,21,22). The second kappa shape index (κ2) is 7.58. The van der Waals surface area contributed by atoms with Crippen LogP contribution in [0.2, 0.25) is 5.02 Å². The number of nitrogens with zero attached hydrogens (tertiary/aromatic N) is 2. The van der Waals surface area contributed by atoms with Crippen molar-refractivity contribution in [3.05, 3.63) is 57.7 Å². The van der Waals surface area contributed by atoms with Gasteiger partial charge < -0.3 is 4.74 Å². The Labute approximate surface area is 139 Å². The Bertz CT molecular complexity index is 771. The van der Waals surface area contributed by atoms with Gasteiger partial charge in [0.25, 0.3) is 5.91 Å². The van der Waals surface area contributed by atoms with Crippen LogP contribution in [0.5, 0.6) is 0 Å². The smallest absolute Gasteiger partial charge is 0.271 e. The van der Waals surface area contributed by atoms with E-state index in [0.717, 1.165) is 0 Å². The van der Waals surface area contributed by atoms with Crippen LogP contribution in [-0.2, 0) is 11.3 Å². The maximum absolute atomic E-state index is 12.1. The van der Waals surface area contributed by atoms with Crippen molar-refractivity contribution in [2.45, 2.75) is 13.5 Å². The summed E-state index contributed by atoms with van der Waals surface area (Å²) in [7, 11) is 1.54. The summed E-state index contributed by atoms with van der Waals surface area (Å²) in [6.07, 6.45) is 0. The molecule has 0 aliphatic rings. The lowest BCUT2D eigenvalue weighted by atomic mass is 10.1. The Hall–Kier alpha value is -2.62. The average molecular weight is 331 g/mol. The van der Waals surface area contributed by atoms with Crippen LogP contribution in [0.25, 0.3) is 0 Å². The number of benzene rings is 1. The first-order valence-electron chi connectivity index (χ1n) is 6.77. The minimum atomic E-state index is -0.420. The van der Waals surface area contributed by atoms with E-state index in [2.05, 4.69) is 21.9 Å². The Kier molecular flexibility index (Phi) is 5.52. The van der Waals surface area contributed by atoms with Gasteiger partial charge in [0.1, 0.15) is 11.6 Å². The van der Waals surface area contributed by atoms with E-state index < -0.39 is 5.91 Å². The molecule has 1 aromatic carbocycles. The third-order valence-electron chi connectivity index (χ3n) is 3.05. The highest BCUT2D eigenvalue weighted by atomic mass is 35.5. The molecule has 0 radical (unpaired) electrons. The molecule has 2 rings (SSSR count). The number of aryl methyl sites for hydroxylation is 1. The number of anilines is 1. The summed E-state index contributed by atoms with van der Waals surface area (Å²) in [5.74, 6) is -0.156. The summed E-state index contributed by atoms with van der Waals surface area (Å²) < 4.78 is 5.08. The molecule has 1 amide bonds. The van der Waals surface area contributed by atoms with E-state index >= 15 is 0 Å². The predicted octanol–water partition coefficient (Wildman–Crippen LogP) is 2.82. The first kappa shape index (κ1) is 16.7. The van der Waals surface area contributed by atoms with Gasteiger partial charge in [-0.25, -0.2) is 4.98 Å². The molecule has 0 saturated carbocycles. The summed E-state index contributed by atoms with van der Waals surface area (Å²) in [5, 5.41) is 9.66. The monoisotopic (exact) mass is 330 g/mol. The number of carbonyl (C=O) groups excluding carboxylic acids is 1. The Morgan fingerprint density at radius 2 is 2.17 bits per heavy atom. The highest BCUT2D eigenvalue weighted by Crippen LogP contribution is 2.19. The number of methoxy groups -OCH3 is 1. The zero-order valence-electron chi connectivity index (χ0n) is 12.7. The number of halogens is 1. The summed E-state index contributed by atoms with van der Waals surface area (Å²) >= 11 is 5.98. The number of rotatable bonds is 5. The number of nitriles is 1. The minimum absolute atomic E-state index is 0.264. The minimum Gasteiger partial charge on any atom is -0.380 e. The lowest BCUT2D eigenvalue weighted by molar-refractivity contribution is 0.0962. The van der Waals surface area contributed by atoms with Crippen LogP contribution >= 0.6 is 11.6 Å². The molecule has 7 heteroatoms. The molecular formula is C16H15ClN4O2. The predicted molar refractivity (Wildman–Crippen MR) is 86.9 cm³/mol. The van der Waals surface area contributed by atoms with Gasteiger partial charge in [-0.15, -0.1) is 0 Å². The van der Waals surface area contributed by atoms with Gasteiger partial charge in [-0.2, -0.15) is 5.26 Å². The van der Waals surface area contributed by atoms with Crippen molar-refractivity contribution in [2.24, 2.45) is 0 Å². The molecule has 0 unspecified atom stereocenters. The van der Waals surface area contributed by atoms with Crippen LogP contribution in [0.3, 0.4) is 0 Å². The molecule has 0 saturated heterocycles. The summed E-state index contributed by atoms with van der Waals surface area (Å²) in [5.41, 5.74) is 7.21. The third-order valence-corrected chi connectivity index (χ3v) is 3.38. The van der Waals surface area contributed by atoms with Crippen molar-refractivity contribution in [3.63, 3.8) is 0 Å². The molecule has 6 nitrogen and oxygen atoms in total. The maximum atomic E-state index is 12.1. The molecule has 1 aromatic heterocycles. The average Bonchev–Trinajstić information content (AvgIpc) is 2.53. The molecule has 2 N–H and O–H groups in total. The largest absolute Gasteiger partial charge is 0.380 e. The molecule has 0 aliphatic carbocycles. The summed E-state index contributed by atoms with van der Waals surface area (Å²) in [6.45, 7) is 2.07. The SMILES string of the molecule is COCc1cc(C)nc(NNC(=O)c2ccccc2Cl)c1C#N. The van der Waals surface area contributed by atoms with Gasteiger partial charge >= 0.3 is 0 Å². The van der Waals surface area contributed by atoms with E-state index in [1.807, 2.05) is 0 Å². The maximum Gasteiger partial charge on any atom is 0.271 e. The van der Waals surface area contributed by atoms with Crippen LogP contribution in [0.15, 0.2) is 30.3 Å². The number of hydrazine groups is 1. The third kappa shape index (κ3) is 3.97. The van der Waals surface area contributed by atoms with Crippen LogP contribution in [0, 0.1) is 18.3 Å². The summed E-state index contributed by atoms with van der Waals surface area (Å²) in [4.78, 5) is 16.4. The molecule has 1 heterocycles. The fourth-order valence-corrected chi connectivity index (χ4v) is 2.28. The van der Waals surface area contributed by atoms with E-state index in [4.69, 9.17) is 16.3 Å². The molecular weight excluding hydrogens is 316 g/mol. The van der Waals surface area contributed by atoms with E-state index in [1.165, 1.54) is 0 Å². The van der Waals surface area contributed by atoms with E-state index in [1.54, 1.807) is 44.4 Å². The second-order valence-corrected chi connectivity index (χ2v) is 5.16. The summed E-state index contributed by atoms with van der Waals surface area (Å²) in [6, 6.07) is 10.5. The number of nitrogens with one attached hydrogen (secondary N) is 2. The van der Waals surface area contributed by atoms with E-state index in [0.29, 0.717) is 27.4 Å². The zero-order valence-corrected chi connectivity index (χ0v) is 13.4. The van der Waals surface area contributed by atoms with Gasteiger partial charge in [-0.3, -0.25) is 15.6 Å². The van der Waals surface area contributed by atoms with Crippen molar-refractivity contribution in [2.75, 3.05) is 12.5 Å². The van der Waals surface area contributed by atoms with E-state index in [-0.39, 0.29) is 12.4 Å². The van der Waals surface area contributed by atoms with Gasteiger partial charge in [0, 0.05) is 18.4 Å². The molecule has 0 aliphatic heterocycles. The topological polar surface area (TPSA) is 87.0 Å². The first-order chi connectivity index (χ1) is 11.1. The fraction of sp³-hybridized carbons (Fsp3) is 0.188. The molecule has 118 valence electrons. The zero-order chi connectivity index (χ0) is 16.8. The Morgan fingerprint density at radius 1 is 1.43 bits per heavy atom. The van der Waals surface area contributed by atoms with Crippen LogP contribution in [-0.4, -0.2) is 18.0 Å². The normalized spacial score (nSPS) is 10.0. The molecule has 0 bridgehead atoms. The van der Waals surface area contributed by atoms with Gasteiger partial charge in [-0.05, 0) is 25.1 Å². The Balaban J connectivity index is 2.22. The first-order valence-corrected chi connectivity index (χ1v) is 7.15. The van der Waals surface area contributed by atoms with Gasteiger partial charge in [0.15, 0.2) is 5.82 Å². The highest BCUT2D eigenvalue weighted by Gasteiger charge is 2.14. The quantitative estimate of drug-likeness (QED) is 0.823. The molecule has 0 spiro atoms. The number of ether oxygens (including phenoxy) is 1. The number of hydrogen-bond donors (Lipinski definition) is 2. The molecule has 2 aromatic rings. The van der Waals surface area contributed by atoms with Crippen molar-refractivity contribution in [1.82, 2.24) is 10.4 Å². The number of carbonyl (C=O) groups is 1. The molecule has 0 atom stereocenters. The number of hydrogen-bond acceptors (Lipinski definition) is 5. The second-order valence-electron chi connectivity index (χ2n) is 4.75. The van der Waals surface area contributed by atoms with Crippen molar-refractivity contribution in [1.29, 1.82) is 5.26 Å². The fourth-order valence-electron chi connectivity index (χ4n) is 2.05. The molecule has 23 heavy (non-hydrogen) atoms. The Morgan fingerprint density at radius 3 is 2.83 bits per heavy atom. The van der Waals surface area contributed by atoms with Crippen LogP contribution in [0.4, 0.5) is 5.82 Å². The van der Waals surface area contributed by atoms with Crippen LogP contribution < -0.4 is 10.9 Å². The lowest BCUT2D eigenvalue weighted by Gasteiger charge is -2.13. The van der Waals surface area contributed by atoms with Gasteiger partial charge in [-0.1, -0.05) is 23.7 Å². The van der Waals surface area contributed by atoms with Gasteiger partial charge in [0.05, 0.1) is 17.2 Å².